The molecule has 4 heteroatoms. The van der Waals surface area contributed by atoms with Gasteiger partial charge in [0.2, 0.25) is 0 Å². The van der Waals surface area contributed by atoms with Gasteiger partial charge in [-0.25, -0.2) is 4.89 Å². The standard InChI is InChI=1S/C10H14O3.CO/c1-2-7-12-10-5-3-9(4-6-10)8-13-11;1-2/h3-6,11H,2,7-8H2,1H3;. The fraction of sp³-hybridized carbons (Fsp3) is 0.364. The normalized spacial score (nSPS) is 8.80. The molecule has 0 saturated carbocycles. The summed E-state index contributed by atoms with van der Waals surface area (Å²) in [5.74, 6) is 0.850. The summed E-state index contributed by atoms with van der Waals surface area (Å²) in [6, 6.07) is 7.45. The molecular weight excluding hydrogens is 196 g/mol. The van der Waals surface area contributed by atoms with Gasteiger partial charge in [0.1, 0.15) is 12.4 Å². The Morgan fingerprint density at radius 1 is 1.27 bits per heavy atom. The van der Waals surface area contributed by atoms with Gasteiger partial charge in [-0.3, -0.25) is 5.26 Å². The van der Waals surface area contributed by atoms with Gasteiger partial charge in [-0.2, -0.15) is 0 Å². The Bertz CT molecular complexity index is 266. The van der Waals surface area contributed by atoms with E-state index >= 15 is 0 Å². The fourth-order valence-electron chi connectivity index (χ4n) is 0.976. The molecule has 15 heavy (non-hydrogen) atoms. The van der Waals surface area contributed by atoms with Crippen LogP contribution in [-0.2, 0) is 16.1 Å². The van der Waals surface area contributed by atoms with Crippen LogP contribution in [0.3, 0.4) is 0 Å². The van der Waals surface area contributed by atoms with Crippen LogP contribution >= 0.6 is 0 Å². The first-order valence-electron chi connectivity index (χ1n) is 4.55. The van der Waals surface area contributed by atoms with Gasteiger partial charge in [0.25, 0.3) is 0 Å². The van der Waals surface area contributed by atoms with Crippen LogP contribution < -0.4 is 4.74 Å². The Kier molecular flexibility index (Phi) is 8.43. The molecule has 82 valence electrons. The van der Waals surface area contributed by atoms with Crippen LogP contribution in [0.15, 0.2) is 24.3 Å². The van der Waals surface area contributed by atoms with Crippen molar-refractivity contribution in [3.8, 4) is 5.75 Å². The van der Waals surface area contributed by atoms with Gasteiger partial charge in [-0.15, -0.1) is 0 Å². The molecule has 0 aliphatic carbocycles. The van der Waals surface area contributed by atoms with Crippen LogP contribution in [0.1, 0.15) is 18.9 Å². The van der Waals surface area contributed by atoms with Crippen LogP contribution in [0.5, 0.6) is 5.75 Å². The second-order valence-corrected chi connectivity index (χ2v) is 2.77. The van der Waals surface area contributed by atoms with Gasteiger partial charge in [-0.05, 0) is 24.1 Å². The predicted octanol–water partition coefficient (Wildman–Crippen LogP) is 2.43. The van der Waals surface area contributed by atoms with Gasteiger partial charge >= 0.3 is 11.3 Å². The first kappa shape index (κ1) is 13.7. The van der Waals surface area contributed by atoms with Crippen molar-refractivity contribution in [2.75, 3.05) is 6.61 Å². The number of hydrogen-bond donors (Lipinski definition) is 1. The van der Waals surface area contributed by atoms with Crippen molar-refractivity contribution < 1.29 is 19.5 Å². The number of benzene rings is 1. The fourth-order valence-corrected chi connectivity index (χ4v) is 0.976. The van der Waals surface area contributed by atoms with Crippen LogP contribution in [-0.4, -0.2) is 11.9 Å². The summed E-state index contributed by atoms with van der Waals surface area (Å²) < 4.78 is 12.9. The van der Waals surface area contributed by atoms with Crippen LogP contribution in [0, 0.1) is 6.65 Å². The molecule has 1 aromatic carbocycles. The zero-order valence-corrected chi connectivity index (χ0v) is 8.60. The summed E-state index contributed by atoms with van der Waals surface area (Å²) in [4.78, 5) is 4.01. The van der Waals surface area contributed by atoms with Gasteiger partial charge in [0.15, 0.2) is 0 Å². The van der Waals surface area contributed by atoms with E-state index in [-0.39, 0.29) is 6.61 Å². The van der Waals surface area contributed by atoms with Crippen molar-refractivity contribution in [2.24, 2.45) is 0 Å². The third-order valence-corrected chi connectivity index (χ3v) is 1.63. The third kappa shape index (κ3) is 5.88. The predicted molar refractivity (Wildman–Crippen MR) is 53.6 cm³/mol. The minimum absolute atomic E-state index is 0.216. The SMILES string of the molecule is CCCOc1ccc(COO)cc1.[C-]#[O+]. The van der Waals surface area contributed by atoms with Crippen LogP contribution in [0.25, 0.3) is 0 Å². The first-order chi connectivity index (χ1) is 7.36. The molecule has 0 heterocycles. The molecule has 1 aromatic rings. The van der Waals surface area contributed by atoms with Crippen molar-refractivity contribution in [1.82, 2.24) is 0 Å². The number of ether oxygens (including phenoxy) is 1. The van der Waals surface area contributed by atoms with Crippen LogP contribution in [0.2, 0.25) is 0 Å². The van der Waals surface area contributed by atoms with Crippen LogP contribution in [0.4, 0.5) is 0 Å². The maximum atomic E-state index is 8.20. The van der Waals surface area contributed by atoms with E-state index in [0.29, 0.717) is 0 Å². The molecule has 0 aromatic heterocycles. The molecule has 0 unspecified atom stereocenters. The number of rotatable bonds is 5. The summed E-state index contributed by atoms with van der Waals surface area (Å²) in [5, 5.41) is 8.20. The zero-order valence-electron chi connectivity index (χ0n) is 8.60. The molecule has 0 aliphatic rings. The second kappa shape index (κ2) is 9.24. The zero-order chi connectivity index (χ0) is 11.5. The molecule has 1 N–H and O–H groups in total. The van der Waals surface area contributed by atoms with Gasteiger partial charge in [0.05, 0.1) is 6.61 Å². The summed E-state index contributed by atoms with van der Waals surface area (Å²) in [7, 11) is 0. The van der Waals surface area contributed by atoms with Gasteiger partial charge < -0.3 is 4.74 Å². The van der Waals surface area contributed by atoms with E-state index in [9.17, 15) is 0 Å². The summed E-state index contributed by atoms with van der Waals surface area (Å²) >= 11 is 0. The van der Waals surface area contributed by atoms with Gasteiger partial charge in [0, 0.05) is 0 Å². The Labute approximate surface area is 89.1 Å². The Balaban J connectivity index is 0.000000921. The molecule has 0 radical (unpaired) electrons. The van der Waals surface area contributed by atoms with E-state index in [1.54, 1.807) is 0 Å². The molecular formula is C11H14O4. The first-order valence-corrected chi connectivity index (χ1v) is 4.55. The van der Waals surface area contributed by atoms with E-state index in [0.717, 1.165) is 24.3 Å². The Hall–Kier alpha value is -1.32. The summed E-state index contributed by atoms with van der Waals surface area (Å²) in [6.45, 7) is 7.51. The molecule has 4 nitrogen and oxygen atoms in total. The molecule has 0 saturated heterocycles. The Morgan fingerprint density at radius 2 is 1.87 bits per heavy atom. The van der Waals surface area contributed by atoms with Crippen molar-refractivity contribution in [1.29, 1.82) is 0 Å². The van der Waals surface area contributed by atoms with Crippen molar-refractivity contribution >= 4 is 0 Å². The van der Waals surface area contributed by atoms with Crippen molar-refractivity contribution in [3.05, 3.63) is 36.5 Å². The summed E-state index contributed by atoms with van der Waals surface area (Å²) in [5.41, 5.74) is 0.923. The molecule has 0 atom stereocenters. The molecule has 0 aliphatic heterocycles. The minimum atomic E-state index is 0.216. The monoisotopic (exact) mass is 210 g/mol. The molecule has 0 fully saturated rings. The average molecular weight is 210 g/mol. The van der Waals surface area contributed by atoms with E-state index < -0.39 is 0 Å². The van der Waals surface area contributed by atoms with E-state index in [4.69, 9.17) is 14.6 Å². The van der Waals surface area contributed by atoms with Crippen molar-refractivity contribution in [3.63, 3.8) is 0 Å². The van der Waals surface area contributed by atoms with E-state index in [1.165, 1.54) is 0 Å². The average Bonchev–Trinajstić information content (AvgIpc) is 2.31. The van der Waals surface area contributed by atoms with E-state index in [2.05, 4.69) is 18.5 Å². The Morgan fingerprint density at radius 3 is 2.33 bits per heavy atom. The quantitative estimate of drug-likeness (QED) is 0.351. The molecule has 0 bridgehead atoms. The van der Waals surface area contributed by atoms with E-state index in [1.807, 2.05) is 24.3 Å². The number of hydrogen-bond acceptors (Lipinski definition) is 3. The molecule has 0 amide bonds. The molecule has 0 spiro atoms. The van der Waals surface area contributed by atoms with Crippen molar-refractivity contribution in [2.45, 2.75) is 20.0 Å². The maximum absolute atomic E-state index is 8.20. The topological polar surface area (TPSA) is 58.6 Å². The second-order valence-electron chi connectivity index (χ2n) is 2.77. The summed E-state index contributed by atoms with van der Waals surface area (Å²) in [6.07, 6.45) is 1.00. The van der Waals surface area contributed by atoms with Gasteiger partial charge in [-0.1, -0.05) is 19.1 Å². The third-order valence-electron chi connectivity index (χ3n) is 1.63. The molecule has 1 rings (SSSR count).